The predicted molar refractivity (Wildman–Crippen MR) is 131 cm³/mol. The first-order chi connectivity index (χ1) is 16.0. The number of carbonyl (C=O) groups excluding carboxylic acids is 2. The Bertz CT molecular complexity index is 1530. The number of benzene rings is 4. The maximum absolute atomic E-state index is 12.3. The lowest BCUT2D eigenvalue weighted by Gasteiger charge is -2.13. The summed E-state index contributed by atoms with van der Waals surface area (Å²) in [6, 6.07) is 26.5. The van der Waals surface area contributed by atoms with Crippen molar-refractivity contribution in [1.82, 2.24) is 4.98 Å². The lowest BCUT2D eigenvalue weighted by Crippen LogP contribution is -2.18. The number of anilines is 2. The SMILES string of the molecule is NC(=O)OC(=O)c1ccc(Nc2cc(Cl)cc3cc(-c4ccccc4)[nH]c23)c2ccccc12. The maximum atomic E-state index is 12.3. The molecule has 0 saturated carbocycles. The van der Waals surface area contributed by atoms with Crippen LogP contribution in [0.4, 0.5) is 16.2 Å². The van der Waals surface area contributed by atoms with Crippen LogP contribution >= 0.6 is 11.6 Å². The van der Waals surface area contributed by atoms with Gasteiger partial charge in [-0.25, -0.2) is 9.59 Å². The molecule has 0 bridgehead atoms. The van der Waals surface area contributed by atoms with Crippen LogP contribution in [0.15, 0.2) is 84.9 Å². The van der Waals surface area contributed by atoms with Crippen LogP contribution in [0, 0.1) is 0 Å². The van der Waals surface area contributed by atoms with E-state index in [0.717, 1.165) is 38.9 Å². The van der Waals surface area contributed by atoms with Gasteiger partial charge < -0.3 is 20.8 Å². The van der Waals surface area contributed by atoms with Crippen molar-refractivity contribution in [3.05, 3.63) is 95.5 Å². The first kappa shape index (κ1) is 20.6. The smallest absolute Gasteiger partial charge is 0.373 e. The molecule has 0 saturated heterocycles. The molecule has 4 aromatic carbocycles. The minimum absolute atomic E-state index is 0.248. The zero-order valence-corrected chi connectivity index (χ0v) is 18.0. The summed E-state index contributed by atoms with van der Waals surface area (Å²) in [6.45, 7) is 0. The lowest BCUT2D eigenvalue weighted by atomic mass is 10.0. The third-order valence-electron chi connectivity index (χ3n) is 5.38. The second-order valence-electron chi connectivity index (χ2n) is 7.51. The van der Waals surface area contributed by atoms with Gasteiger partial charge in [0.25, 0.3) is 0 Å². The molecule has 0 spiro atoms. The van der Waals surface area contributed by atoms with Crippen molar-refractivity contribution in [1.29, 1.82) is 0 Å². The van der Waals surface area contributed by atoms with Gasteiger partial charge in [0.15, 0.2) is 0 Å². The number of esters is 1. The molecule has 0 aliphatic carbocycles. The standard InChI is InChI=1S/C26H18ClN3O3/c27-17-12-16-13-22(15-6-2-1-3-7-15)30-24(16)23(14-17)29-21-11-10-20(25(31)33-26(28)32)18-8-4-5-9-19(18)21/h1-14,29-30H,(H2,28,32). The Balaban J connectivity index is 1.60. The first-order valence-electron chi connectivity index (χ1n) is 10.2. The number of hydrogen-bond acceptors (Lipinski definition) is 4. The minimum Gasteiger partial charge on any atom is -0.373 e. The van der Waals surface area contributed by atoms with Crippen LogP contribution in [0.1, 0.15) is 10.4 Å². The largest absolute Gasteiger partial charge is 0.412 e. The fourth-order valence-electron chi connectivity index (χ4n) is 3.96. The highest BCUT2D eigenvalue weighted by Crippen LogP contribution is 2.36. The second kappa shape index (κ2) is 8.33. The second-order valence-corrected chi connectivity index (χ2v) is 7.94. The minimum atomic E-state index is -1.14. The molecule has 0 aliphatic heterocycles. The highest BCUT2D eigenvalue weighted by atomic mass is 35.5. The monoisotopic (exact) mass is 455 g/mol. The fourth-order valence-corrected chi connectivity index (χ4v) is 4.18. The van der Waals surface area contributed by atoms with Gasteiger partial charge in [-0.3, -0.25) is 0 Å². The van der Waals surface area contributed by atoms with Crippen LogP contribution in [-0.2, 0) is 4.74 Å². The molecule has 4 N–H and O–H groups in total. The van der Waals surface area contributed by atoms with Crippen molar-refractivity contribution in [3.63, 3.8) is 0 Å². The molecule has 162 valence electrons. The van der Waals surface area contributed by atoms with Crippen LogP contribution in [0.3, 0.4) is 0 Å². The van der Waals surface area contributed by atoms with Gasteiger partial charge in [0.05, 0.1) is 16.8 Å². The van der Waals surface area contributed by atoms with Crippen molar-refractivity contribution < 1.29 is 14.3 Å². The number of rotatable bonds is 4. The van der Waals surface area contributed by atoms with Gasteiger partial charge in [-0.1, -0.05) is 66.2 Å². The highest BCUT2D eigenvalue weighted by molar-refractivity contribution is 6.32. The Morgan fingerprint density at radius 2 is 1.58 bits per heavy atom. The van der Waals surface area contributed by atoms with Gasteiger partial charge in [-0.2, -0.15) is 0 Å². The number of fused-ring (bicyclic) bond motifs is 2. The summed E-state index contributed by atoms with van der Waals surface area (Å²) in [5, 5.41) is 6.41. The van der Waals surface area contributed by atoms with Gasteiger partial charge >= 0.3 is 12.1 Å². The van der Waals surface area contributed by atoms with Gasteiger partial charge in [-0.15, -0.1) is 0 Å². The number of carbonyl (C=O) groups is 2. The van der Waals surface area contributed by atoms with E-state index in [4.69, 9.17) is 17.3 Å². The predicted octanol–water partition coefficient (Wildman–Crippen LogP) is 6.62. The quantitative estimate of drug-likeness (QED) is 0.209. The van der Waals surface area contributed by atoms with Crippen LogP contribution in [-0.4, -0.2) is 17.0 Å². The van der Waals surface area contributed by atoms with Crippen molar-refractivity contribution in [3.8, 4) is 11.3 Å². The van der Waals surface area contributed by atoms with E-state index in [2.05, 4.69) is 21.1 Å². The molecule has 0 atom stereocenters. The number of aromatic nitrogens is 1. The number of halogens is 1. The number of nitrogens with one attached hydrogen (secondary N) is 2. The van der Waals surface area contributed by atoms with E-state index in [9.17, 15) is 9.59 Å². The average Bonchev–Trinajstić information content (AvgIpc) is 3.23. The van der Waals surface area contributed by atoms with Crippen LogP contribution < -0.4 is 11.1 Å². The molecule has 1 heterocycles. The molecule has 5 rings (SSSR count). The van der Waals surface area contributed by atoms with E-state index in [0.29, 0.717) is 10.4 Å². The number of H-pyrrole nitrogens is 1. The molecule has 0 aliphatic rings. The van der Waals surface area contributed by atoms with Crippen molar-refractivity contribution in [2.45, 2.75) is 0 Å². The van der Waals surface area contributed by atoms with E-state index < -0.39 is 12.1 Å². The normalized spacial score (nSPS) is 10.9. The Hall–Kier alpha value is -4.29. The zero-order valence-electron chi connectivity index (χ0n) is 17.3. The number of nitrogens with two attached hydrogens (primary N) is 1. The molecule has 0 unspecified atom stereocenters. The highest BCUT2D eigenvalue weighted by Gasteiger charge is 2.17. The number of primary amides is 1. The number of amides is 1. The van der Waals surface area contributed by atoms with E-state index in [1.165, 1.54) is 0 Å². The topological polar surface area (TPSA) is 97.2 Å². The number of aromatic amines is 1. The summed E-state index contributed by atoms with van der Waals surface area (Å²) in [5.41, 5.74) is 9.76. The Morgan fingerprint density at radius 1 is 0.848 bits per heavy atom. The maximum Gasteiger partial charge on any atom is 0.412 e. The van der Waals surface area contributed by atoms with Gasteiger partial charge in [0.2, 0.25) is 0 Å². The van der Waals surface area contributed by atoms with Crippen molar-refractivity contribution in [2.75, 3.05) is 5.32 Å². The first-order valence-corrected chi connectivity index (χ1v) is 10.6. The summed E-state index contributed by atoms with van der Waals surface area (Å²) < 4.78 is 4.58. The summed E-state index contributed by atoms with van der Waals surface area (Å²) in [7, 11) is 0. The van der Waals surface area contributed by atoms with E-state index in [-0.39, 0.29) is 5.56 Å². The fraction of sp³-hybridized carbons (Fsp3) is 0. The van der Waals surface area contributed by atoms with E-state index in [1.54, 1.807) is 18.2 Å². The van der Waals surface area contributed by atoms with Crippen molar-refractivity contribution in [2.24, 2.45) is 5.73 Å². The molecule has 0 fully saturated rings. The van der Waals surface area contributed by atoms with Gasteiger partial charge in [0, 0.05) is 27.2 Å². The molecule has 1 amide bonds. The summed E-state index contributed by atoms with van der Waals surface area (Å²) in [5.74, 6) is -0.799. The lowest BCUT2D eigenvalue weighted by molar-refractivity contribution is 0.0640. The molecule has 33 heavy (non-hydrogen) atoms. The Labute approximate surface area is 193 Å². The Morgan fingerprint density at radius 3 is 2.33 bits per heavy atom. The molecular weight excluding hydrogens is 438 g/mol. The third kappa shape index (κ3) is 4.00. The van der Waals surface area contributed by atoms with Gasteiger partial charge in [-0.05, 0) is 41.3 Å². The molecule has 1 aromatic heterocycles. The van der Waals surface area contributed by atoms with Crippen molar-refractivity contribution >= 4 is 56.7 Å². The molecule has 7 heteroatoms. The van der Waals surface area contributed by atoms with Gasteiger partial charge in [0.1, 0.15) is 0 Å². The summed E-state index contributed by atoms with van der Waals surface area (Å²) in [6.07, 6.45) is -1.14. The van der Waals surface area contributed by atoms with E-state index in [1.807, 2.05) is 60.7 Å². The average molecular weight is 456 g/mol. The van der Waals surface area contributed by atoms with Crippen LogP contribution in [0.5, 0.6) is 0 Å². The molecule has 5 aromatic rings. The molecule has 6 nitrogen and oxygen atoms in total. The summed E-state index contributed by atoms with van der Waals surface area (Å²) >= 11 is 6.42. The zero-order chi connectivity index (χ0) is 22.9. The van der Waals surface area contributed by atoms with E-state index >= 15 is 0 Å². The number of ether oxygens (including phenoxy) is 1. The molecular formula is C26H18ClN3O3. The van der Waals surface area contributed by atoms with Crippen LogP contribution in [0.25, 0.3) is 32.9 Å². The van der Waals surface area contributed by atoms with Crippen LogP contribution in [0.2, 0.25) is 5.02 Å². The molecule has 0 radical (unpaired) electrons. The Kier molecular flexibility index (Phi) is 5.20. The number of hydrogen-bond donors (Lipinski definition) is 3. The third-order valence-corrected chi connectivity index (χ3v) is 5.60. The summed E-state index contributed by atoms with van der Waals surface area (Å²) in [4.78, 5) is 26.8.